The van der Waals surface area contributed by atoms with Crippen LogP contribution in [0.5, 0.6) is 0 Å². The van der Waals surface area contributed by atoms with Crippen LogP contribution < -0.4 is 11.1 Å². The number of thiocarbonyl (C=S) groups is 1. The number of aromatic nitrogens is 2. The van der Waals surface area contributed by atoms with E-state index in [4.69, 9.17) is 5.73 Å². The maximum Gasteiger partial charge on any atom is 0.226 e. The predicted octanol–water partition coefficient (Wildman–Crippen LogP) is -0.596. The highest BCUT2D eigenvalue weighted by molar-refractivity contribution is 7.80. The summed E-state index contributed by atoms with van der Waals surface area (Å²) in [7, 11) is 0. The van der Waals surface area contributed by atoms with Crippen molar-refractivity contribution in [3.8, 4) is 0 Å². The van der Waals surface area contributed by atoms with Gasteiger partial charge in [-0.15, -0.1) is 0 Å². The number of nitrogens with two attached hydrogens (primary N) is 1. The number of nitrogens with one attached hydrogen (secondary N) is 1. The van der Waals surface area contributed by atoms with E-state index < -0.39 is 0 Å². The Morgan fingerprint density at radius 3 is 3.07 bits per heavy atom. The molecular weight excluding hydrogens is 204 g/mol. The minimum Gasteiger partial charge on any atom is -0.393 e. The fourth-order valence-electron chi connectivity index (χ4n) is 0.837. The average Bonchev–Trinajstić information content (AvgIpc) is 2.55. The standard InChI is InChI=1S/C7H10N4O2S/c8-5(14)3-7(12)9-2-1-6-10-4-13-11-6/h4H,1-3H2,(H2,8,14)(H,9,12). The van der Waals surface area contributed by atoms with Crippen LogP contribution in [0.15, 0.2) is 10.9 Å². The SMILES string of the molecule is NC(=S)CC(=O)NCCc1ncon1. The average molecular weight is 214 g/mol. The number of carbonyl (C=O) groups is 1. The van der Waals surface area contributed by atoms with E-state index in [2.05, 4.69) is 32.2 Å². The second-order valence-electron chi connectivity index (χ2n) is 2.59. The molecule has 7 heteroatoms. The number of nitrogens with zero attached hydrogens (tertiary/aromatic N) is 2. The highest BCUT2D eigenvalue weighted by atomic mass is 32.1. The van der Waals surface area contributed by atoms with E-state index in [1.807, 2.05) is 0 Å². The molecule has 1 rings (SSSR count). The summed E-state index contributed by atoms with van der Waals surface area (Å²) in [6.45, 7) is 0.445. The molecule has 76 valence electrons. The molecule has 1 aromatic rings. The molecule has 0 radical (unpaired) electrons. The van der Waals surface area contributed by atoms with Crippen molar-refractivity contribution in [2.75, 3.05) is 6.54 Å². The molecule has 0 bridgehead atoms. The molecule has 3 N–H and O–H groups in total. The molecule has 1 amide bonds. The molecule has 1 heterocycles. The second kappa shape index (κ2) is 5.28. The van der Waals surface area contributed by atoms with Gasteiger partial charge < -0.3 is 15.6 Å². The Morgan fingerprint density at radius 1 is 1.71 bits per heavy atom. The zero-order valence-corrected chi connectivity index (χ0v) is 8.21. The Balaban J connectivity index is 2.15. The van der Waals surface area contributed by atoms with Crippen molar-refractivity contribution in [1.82, 2.24) is 15.5 Å². The van der Waals surface area contributed by atoms with Gasteiger partial charge in [0.05, 0.1) is 11.4 Å². The summed E-state index contributed by atoms with van der Waals surface area (Å²) in [6.07, 6.45) is 1.84. The van der Waals surface area contributed by atoms with E-state index >= 15 is 0 Å². The van der Waals surface area contributed by atoms with Gasteiger partial charge in [0.25, 0.3) is 0 Å². The summed E-state index contributed by atoms with van der Waals surface area (Å²) in [5.41, 5.74) is 5.19. The zero-order valence-electron chi connectivity index (χ0n) is 7.40. The molecule has 0 aliphatic rings. The van der Waals surface area contributed by atoms with Gasteiger partial charge in [-0.2, -0.15) is 4.98 Å². The van der Waals surface area contributed by atoms with Crippen molar-refractivity contribution >= 4 is 23.1 Å². The summed E-state index contributed by atoms with van der Waals surface area (Å²) < 4.78 is 4.52. The molecular formula is C7H10N4O2S. The Bertz CT molecular complexity index is 311. The largest absolute Gasteiger partial charge is 0.393 e. The van der Waals surface area contributed by atoms with Gasteiger partial charge in [-0.3, -0.25) is 4.79 Å². The van der Waals surface area contributed by atoms with Gasteiger partial charge in [0, 0.05) is 13.0 Å². The quantitative estimate of drug-likeness (QED) is 0.636. The summed E-state index contributed by atoms with van der Waals surface area (Å²) in [5.74, 6) is 0.363. The van der Waals surface area contributed by atoms with Gasteiger partial charge in [-0.1, -0.05) is 17.4 Å². The highest BCUT2D eigenvalue weighted by Crippen LogP contribution is 1.88. The number of amides is 1. The van der Waals surface area contributed by atoms with E-state index in [1.54, 1.807) is 0 Å². The first-order chi connectivity index (χ1) is 6.68. The van der Waals surface area contributed by atoms with Gasteiger partial charge in [-0.25, -0.2) is 0 Å². The molecule has 0 saturated carbocycles. The highest BCUT2D eigenvalue weighted by Gasteiger charge is 2.03. The third-order valence-electron chi connectivity index (χ3n) is 1.41. The molecule has 0 unspecified atom stereocenters. The van der Waals surface area contributed by atoms with Crippen LogP contribution in [0.3, 0.4) is 0 Å². The fraction of sp³-hybridized carbons (Fsp3) is 0.429. The molecule has 1 aromatic heterocycles. The summed E-state index contributed by atoms with van der Waals surface area (Å²) >= 11 is 4.58. The first-order valence-electron chi connectivity index (χ1n) is 3.98. The van der Waals surface area contributed by atoms with Gasteiger partial charge in [-0.05, 0) is 0 Å². The molecule has 0 aliphatic heterocycles. The van der Waals surface area contributed by atoms with E-state index in [0.717, 1.165) is 0 Å². The third kappa shape index (κ3) is 3.94. The van der Waals surface area contributed by atoms with Crippen molar-refractivity contribution in [1.29, 1.82) is 0 Å². The van der Waals surface area contributed by atoms with Crippen molar-refractivity contribution in [3.63, 3.8) is 0 Å². The van der Waals surface area contributed by atoms with E-state index in [9.17, 15) is 4.79 Å². The number of hydrogen-bond acceptors (Lipinski definition) is 5. The maximum atomic E-state index is 11.0. The molecule has 6 nitrogen and oxygen atoms in total. The zero-order chi connectivity index (χ0) is 10.4. The number of rotatable bonds is 5. The minimum atomic E-state index is -0.194. The molecule has 0 aromatic carbocycles. The van der Waals surface area contributed by atoms with E-state index in [0.29, 0.717) is 18.8 Å². The molecule has 0 fully saturated rings. The monoisotopic (exact) mass is 214 g/mol. The van der Waals surface area contributed by atoms with Crippen molar-refractivity contribution in [2.24, 2.45) is 5.73 Å². The Kier molecular flexibility index (Phi) is 3.99. The Morgan fingerprint density at radius 2 is 2.50 bits per heavy atom. The molecule has 0 atom stereocenters. The number of carbonyl (C=O) groups excluding carboxylic acids is 1. The predicted molar refractivity (Wildman–Crippen MR) is 52.4 cm³/mol. The lowest BCUT2D eigenvalue weighted by Crippen LogP contribution is -2.29. The van der Waals surface area contributed by atoms with E-state index in [-0.39, 0.29) is 17.3 Å². The van der Waals surface area contributed by atoms with Crippen LogP contribution in [-0.2, 0) is 11.2 Å². The molecule has 0 aliphatic carbocycles. The van der Waals surface area contributed by atoms with Crippen LogP contribution >= 0.6 is 12.2 Å². The van der Waals surface area contributed by atoms with Crippen molar-refractivity contribution in [2.45, 2.75) is 12.8 Å². The lowest BCUT2D eigenvalue weighted by Gasteiger charge is -2.01. The summed E-state index contributed by atoms with van der Waals surface area (Å²) in [4.78, 5) is 15.0. The van der Waals surface area contributed by atoms with Crippen LogP contribution in [0.25, 0.3) is 0 Å². The maximum absolute atomic E-state index is 11.0. The fourth-order valence-corrected chi connectivity index (χ4v) is 0.968. The summed E-state index contributed by atoms with van der Waals surface area (Å²) in [5, 5.41) is 6.21. The van der Waals surface area contributed by atoms with Crippen molar-refractivity contribution < 1.29 is 9.32 Å². The molecule has 0 spiro atoms. The Hall–Kier alpha value is -1.50. The van der Waals surface area contributed by atoms with Gasteiger partial charge in [0.2, 0.25) is 12.3 Å². The molecule has 0 saturated heterocycles. The van der Waals surface area contributed by atoms with Crippen LogP contribution in [0.2, 0.25) is 0 Å². The minimum absolute atomic E-state index is 0.0710. The van der Waals surface area contributed by atoms with Crippen LogP contribution in [0, 0.1) is 0 Å². The first-order valence-corrected chi connectivity index (χ1v) is 4.39. The lowest BCUT2D eigenvalue weighted by atomic mass is 10.3. The second-order valence-corrected chi connectivity index (χ2v) is 3.11. The van der Waals surface area contributed by atoms with Crippen LogP contribution in [-0.4, -0.2) is 27.6 Å². The Labute approximate surface area is 85.9 Å². The first kappa shape index (κ1) is 10.6. The smallest absolute Gasteiger partial charge is 0.226 e. The lowest BCUT2D eigenvalue weighted by molar-refractivity contribution is -0.119. The van der Waals surface area contributed by atoms with Crippen LogP contribution in [0.4, 0.5) is 0 Å². The van der Waals surface area contributed by atoms with Crippen LogP contribution in [0.1, 0.15) is 12.2 Å². The molecule has 14 heavy (non-hydrogen) atoms. The summed E-state index contributed by atoms with van der Waals surface area (Å²) in [6, 6.07) is 0. The van der Waals surface area contributed by atoms with Crippen molar-refractivity contribution in [3.05, 3.63) is 12.2 Å². The van der Waals surface area contributed by atoms with Gasteiger partial charge in [0.15, 0.2) is 5.82 Å². The van der Waals surface area contributed by atoms with E-state index in [1.165, 1.54) is 6.39 Å². The third-order valence-corrected chi connectivity index (χ3v) is 1.56. The normalized spacial score (nSPS) is 9.71. The van der Waals surface area contributed by atoms with Gasteiger partial charge in [0.1, 0.15) is 0 Å². The van der Waals surface area contributed by atoms with Gasteiger partial charge >= 0.3 is 0 Å². The topological polar surface area (TPSA) is 94.0 Å². The number of hydrogen-bond donors (Lipinski definition) is 2.